The van der Waals surface area contributed by atoms with Crippen molar-refractivity contribution in [3.63, 3.8) is 0 Å². The molecule has 1 aliphatic rings. The monoisotopic (exact) mass is 455 g/mol. The molecule has 166 valence electrons. The van der Waals surface area contributed by atoms with E-state index in [9.17, 15) is 19.2 Å². The molecular weight excluding hydrogens is 434 g/mol. The second-order valence-electron chi connectivity index (χ2n) is 7.46. The third-order valence-corrected chi connectivity index (χ3v) is 6.23. The smallest absolute Gasteiger partial charge is 0.344 e. The number of aromatic nitrogens is 2. The number of para-hydroxylation sites is 1. The zero-order valence-electron chi connectivity index (χ0n) is 17.5. The first kappa shape index (κ1) is 21.6. The van der Waals surface area contributed by atoms with Crippen LogP contribution in [0.3, 0.4) is 0 Å². The van der Waals surface area contributed by atoms with Gasteiger partial charge in [-0.3, -0.25) is 24.4 Å². The topological polar surface area (TPSA) is 127 Å². The van der Waals surface area contributed by atoms with Crippen molar-refractivity contribution in [3.8, 4) is 0 Å². The Morgan fingerprint density at radius 1 is 1.22 bits per heavy atom. The Labute approximate surface area is 186 Å². The molecule has 11 heteroatoms. The molecule has 0 aliphatic carbocycles. The molecule has 1 atom stereocenters. The average molecular weight is 455 g/mol. The highest BCUT2D eigenvalue weighted by atomic mass is 32.2. The summed E-state index contributed by atoms with van der Waals surface area (Å²) in [5.41, 5.74) is 1.52. The van der Waals surface area contributed by atoms with E-state index in [2.05, 4.69) is 15.7 Å². The van der Waals surface area contributed by atoms with Gasteiger partial charge in [-0.05, 0) is 37.6 Å². The predicted octanol–water partition coefficient (Wildman–Crippen LogP) is 1.88. The van der Waals surface area contributed by atoms with Crippen LogP contribution in [0.15, 0.2) is 57.0 Å². The molecule has 1 fully saturated rings. The molecule has 1 aliphatic heterocycles. The van der Waals surface area contributed by atoms with Crippen LogP contribution in [0.25, 0.3) is 10.9 Å². The van der Waals surface area contributed by atoms with Crippen LogP contribution in [0.5, 0.6) is 0 Å². The molecule has 0 spiro atoms. The number of hydrazine groups is 1. The first-order valence-corrected chi connectivity index (χ1v) is 10.9. The maximum Gasteiger partial charge on any atom is 0.344 e. The van der Waals surface area contributed by atoms with Crippen molar-refractivity contribution in [1.29, 1.82) is 0 Å². The number of hydrogen-bond donors (Lipinski definition) is 2. The van der Waals surface area contributed by atoms with Crippen LogP contribution in [0.1, 0.15) is 26.0 Å². The lowest BCUT2D eigenvalue weighted by molar-refractivity contribution is -0.137. The minimum absolute atomic E-state index is 0.148. The van der Waals surface area contributed by atoms with Gasteiger partial charge >= 0.3 is 6.03 Å². The van der Waals surface area contributed by atoms with Gasteiger partial charge < -0.3 is 9.73 Å². The highest BCUT2D eigenvalue weighted by Gasteiger charge is 2.47. The molecule has 3 aromatic rings. The Bertz CT molecular complexity index is 1260. The summed E-state index contributed by atoms with van der Waals surface area (Å²) >= 11 is 1.03. The molecule has 3 heterocycles. The molecule has 1 aromatic carbocycles. The number of nitrogens with one attached hydrogen (secondary N) is 2. The summed E-state index contributed by atoms with van der Waals surface area (Å²) in [7, 11) is 0. The molecule has 2 N–H and O–H groups in total. The third-order valence-electron chi connectivity index (χ3n) is 5.26. The summed E-state index contributed by atoms with van der Waals surface area (Å²) in [6.45, 7) is 3.51. The molecule has 4 amide bonds. The lowest BCUT2D eigenvalue weighted by Gasteiger charge is -2.19. The zero-order chi connectivity index (χ0) is 22.9. The maximum atomic E-state index is 13.1. The normalized spacial score (nSPS) is 18.2. The van der Waals surface area contributed by atoms with E-state index in [0.717, 1.165) is 11.8 Å². The van der Waals surface area contributed by atoms with Gasteiger partial charge in [0.05, 0.1) is 29.5 Å². The lowest BCUT2D eigenvalue weighted by Crippen LogP contribution is -2.49. The number of carbonyl (C=O) groups excluding carboxylic acids is 3. The standard InChI is InChI=1S/C21H21N5O5S/c1-3-21(2)18(29)26(19(30)23-21)24-16(27)12-32-20-22-15-9-5-4-8-14(15)17(28)25(20)11-13-7-6-10-31-13/h4-10H,3,11-12H2,1-2H3,(H,23,30)(H,24,27). The molecule has 4 rings (SSSR count). The molecular formula is C21H21N5O5S. The van der Waals surface area contributed by atoms with Crippen molar-refractivity contribution in [2.45, 2.75) is 37.5 Å². The summed E-state index contributed by atoms with van der Waals surface area (Å²) in [5.74, 6) is -0.704. The Morgan fingerprint density at radius 2 is 2.00 bits per heavy atom. The van der Waals surface area contributed by atoms with E-state index in [0.29, 0.717) is 33.2 Å². The highest BCUT2D eigenvalue weighted by Crippen LogP contribution is 2.21. The largest absolute Gasteiger partial charge is 0.467 e. The molecule has 0 bridgehead atoms. The van der Waals surface area contributed by atoms with E-state index < -0.39 is 23.4 Å². The van der Waals surface area contributed by atoms with E-state index in [-0.39, 0.29) is 17.9 Å². The lowest BCUT2D eigenvalue weighted by atomic mass is 10.00. The molecule has 0 radical (unpaired) electrons. The van der Waals surface area contributed by atoms with Crippen molar-refractivity contribution in [3.05, 3.63) is 58.8 Å². The fourth-order valence-corrected chi connectivity index (χ4v) is 4.06. The number of amides is 4. The maximum absolute atomic E-state index is 13.1. The third kappa shape index (κ3) is 3.98. The van der Waals surface area contributed by atoms with Crippen LogP contribution in [0.4, 0.5) is 4.79 Å². The minimum atomic E-state index is -1.05. The number of benzene rings is 1. The van der Waals surface area contributed by atoms with E-state index in [4.69, 9.17) is 4.42 Å². The van der Waals surface area contributed by atoms with E-state index in [1.165, 1.54) is 10.8 Å². The quantitative estimate of drug-likeness (QED) is 0.316. The van der Waals surface area contributed by atoms with Crippen molar-refractivity contribution in [2.75, 3.05) is 5.75 Å². The van der Waals surface area contributed by atoms with Gasteiger partial charge in [-0.25, -0.2) is 9.78 Å². The van der Waals surface area contributed by atoms with Gasteiger partial charge in [-0.1, -0.05) is 30.8 Å². The van der Waals surface area contributed by atoms with E-state index >= 15 is 0 Å². The van der Waals surface area contributed by atoms with Gasteiger partial charge in [0.25, 0.3) is 11.5 Å². The van der Waals surface area contributed by atoms with Crippen LogP contribution in [0, 0.1) is 0 Å². The van der Waals surface area contributed by atoms with Crippen LogP contribution in [-0.2, 0) is 16.1 Å². The van der Waals surface area contributed by atoms with Gasteiger partial charge in [0.2, 0.25) is 5.91 Å². The number of furan rings is 1. The Kier molecular flexibility index (Phi) is 5.74. The zero-order valence-corrected chi connectivity index (χ0v) is 18.3. The number of imide groups is 1. The average Bonchev–Trinajstić information content (AvgIpc) is 3.37. The first-order chi connectivity index (χ1) is 15.3. The van der Waals surface area contributed by atoms with E-state index in [1.807, 2.05) is 0 Å². The number of hydrogen-bond acceptors (Lipinski definition) is 7. The van der Waals surface area contributed by atoms with Crippen molar-refractivity contribution in [2.24, 2.45) is 0 Å². The van der Waals surface area contributed by atoms with Crippen LogP contribution >= 0.6 is 11.8 Å². The van der Waals surface area contributed by atoms with Gasteiger partial charge in [-0.2, -0.15) is 5.01 Å². The molecule has 1 unspecified atom stereocenters. The Morgan fingerprint density at radius 3 is 2.69 bits per heavy atom. The van der Waals surface area contributed by atoms with Gasteiger partial charge in [0, 0.05) is 0 Å². The van der Waals surface area contributed by atoms with Crippen LogP contribution in [-0.4, -0.2) is 43.7 Å². The number of urea groups is 1. The molecule has 2 aromatic heterocycles. The summed E-state index contributed by atoms with van der Waals surface area (Å²) in [6, 6.07) is 9.71. The van der Waals surface area contributed by atoms with Crippen molar-refractivity contribution >= 4 is 40.5 Å². The number of thioether (sulfide) groups is 1. The Balaban J connectivity index is 1.55. The first-order valence-electron chi connectivity index (χ1n) is 9.93. The van der Waals surface area contributed by atoms with Crippen molar-refractivity contribution in [1.82, 2.24) is 25.3 Å². The number of nitrogens with zero attached hydrogens (tertiary/aromatic N) is 3. The second kappa shape index (κ2) is 8.50. The summed E-state index contributed by atoms with van der Waals surface area (Å²) < 4.78 is 6.79. The number of fused-ring (bicyclic) bond motifs is 1. The Hall–Kier alpha value is -3.60. The van der Waals surface area contributed by atoms with Gasteiger partial charge in [-0.15, -0.1) is 0 Å². The highest BCUT2D eigenvalue weighted by molar-refractivity contribution is 7.99. The van der Waals surface area contributed by atoms with E-state index in [1.54, 1.807) is 50.2 Å². The van der Waals surface area contributed by atoms with Gasteiger partial charge in [0.1, 0.15) is 11.3 Å². The predicted molar refractivity (Wildman–Crippen MR) is 117 cm³/mol. The fourth-order valence-electron chi connectivity index (χ4n) is 3.27. The summed E-state index contributed by atoms with van der Waals surface area (Å²) in [5, 5.41) is 4.02. The SMILES string of the molecule is CCC1(C)NC(=O)N(NC(=O)CSc2nc3ccccc3c(=O)n2Cc2ccco2)C1=O. The summed E-state index contributed by atoms with van der Waals surface area (Å²) in [6.07, 6.45) is 1.90. The second-order valence-corrected chi connectivity index (χ2v) is 8.40. The molecule has 10 nitrogen and oxygen atoms in total. The summed E-state index contributed by atoms with van der Waals surface area (Å²) in [4.78, 5) is 54.6. The molecule has 0 saturated carbocycles. The van der Waals surface area contributed by atoms with Gasteiger partial charge in [0.15, 0.2) is 5.16 Å². The number of carbonyl (C=O) groups is 3. The molecule has 1 saturated heterocycles. The van der Waals surface area contributed by atoms with Crippen LogP contribution in [0.2, 0.25) is 0 Å². The number of rotatable bonds is 7. The minimum Gasteiger partial charge on any atom is -0.467 e. The fraction of sp³-hybridized carbons (Fsp3) is 0.286. The van der Waals surface area contributed by atoms with Crippen molar-refractivity contribution < 1.29 is 18.8 Å². The molecule has 32 heavy (non-hydrogen) atoms. The van der Waals surface area contributed by atoms with Crippen LogP contribution < -0.4 is 16.3 Å².